The molecule has 0 bridgehead atoms. The molecule has 0 fully saturated rings. The summed E-state index contributed by atoms with van der Waals surface area (Å²) in [5.41, 5.74) is 1.63. The topological polar surface area (TPSA) is 81.4 Å². The van der Waals surface area contributed by atoms with Crippen LogP contribution < -0.4 is 0 Å². The van der Waals surface area contributed by atoms with E-state index in [0.717, 1.165) is 16.0 Å². The first kappa shape index (κ1) is 40.2. The van der Waals surface area contributed by atoms with Gasteiger partial charge in [-0.3, -0.25) is 19.2 Å². The van der Waals surface area contributed by atoms with Gasteiger partial charge in [-0.05, 0) is 67.2 Å². The third kappa shape index (κ3) is 16.6. The normalized spacial score (nSPS) is 8.11. The largest absolute Gasteiger partial charge is 0.461 e. The monoisotopic (exact) mass is 552 g/mol. The summed E-state index contributed by atoms with van der Waals surface area (Å²) in [6.07, 6.45) is 1.48. The third-order valence-electron chi connectivity index (χ3n) is 3.59. The molecule has 0 saturated carbocycles. The molecule has 4 aromatic heterocycles. The maximum atomic E-state index is 10.5. The Bertz CT molecular complexity index is 884. The molecule has 4 aromatic rings. The van der Waals surface area contributed by atoms with Gasteiger partial charge in [0.25, 0.3) is 0 Å². The molecule has 0 aliphatic heterocycles. The molecule has 5 nitrogen and oxygen atoms in total. The second-order valence-electron chi connectivity index (χ2n) is 6.20. The molecule has 0 spiro atoms. The second kappa shape index (κ2) is 22.5. The summed E-state index contributed by atoms with van der Waals surface area (Å²) in [6, 6.07) is 10.7. The van der Waals surface area contributed by atoms with E-state index >= 15 is 0 Å². The van der Waals surface area contributed by atoms with Gasteiger partial charge in [-0.25, -0.2) is 0 Å². The molecular weight excluding hydrogens is 513 g/mol. The van der Waals surface area contributed by atoms with Crippen LogP contribution in [0.1, 0.15) is 98.3 Å². The van der Waals surface area contributed by atoms with E-state index in [4.69, 9.17) is 4.42 Å². The lowest BCUT2D eigenvalue weighted by Gasteiger charge is -1.80. The maximum absolute atomic E-state index is 10.5. The number of rotatable bonds is 4. The Morgan fingerprint density at radius 3 is 1.28 bits per heavy atom. The van der Waals surface area contributed by atoms with Crippen LogP contribution in [0.3, 0.4) is 0 Å². The van der Waals surface area contributed by atoms with Crippen LogP contribution in [-0.2, 0) is 0 Å². The molecule has 0 amide bonds. The number of furan rings is 1. The summed E-state index contributed by atoms with van der Waals surface area (Å²) in [5.74, 6) is 0.831. The molecule has 0 atom stereocenters. The van der Waals surface area contributed by atoms with Crippen molar-refractivity contribution in [2.24, 2.45) is 0 Å². The highest BCUT2D eigenvalue weighted by atomic mass is 32.1. The van der Waals surface area contributed by atoms with Crippen LogP contribution >= 0.6 is 34.0 Å². The number of hydrogen-bond donors (Lipinski definition) is 0. The van der Waals surface area contributed by atoms with Gasteiger partial charge in [0, 0.05) is 28.8 Å². The Hall–Kier alpha value is -2.94. The summed E-state index contributed by atoms with van der Waals surface area (Å²) < 4.78 is 4.75. The van der Waals surface area contributed by atoms with Gasteiger partial charge in [0.05, 0.1) is 11.1 Å². The fourth-order valence-corrected chi connectivity index (χ4v) is 3.90. The molecule has 0 N–H and O–H groups in total. The SMILES string of the molecule is C.C.C.C.CC(=O)c1ccco1.CC(=O)c1cccs1.CC(=O)c1ccsc1.CC(=O)c1ccsc1. The molecule has 4 rings (SSSR count). The summed E-state index contributed by atoms with van der Waals surface area (Å²) in [7, 11) is 0. The van der Waals surface area contributed by atoms with E-state index in [1.54, 1.807) is 55.6 Å². The molecule has 0 unspecified atom stereocenters. The van der Waals surface area contributed by atoms with Gasteiger partial charge in [-0.15, -0.1) is 11.3 Å². The summed E-state index contributed by atoms with van der Waals surface area (Å²) >= 11 is 4.58. The highest BCUT2D eigenvalue weighted by Crippen LogP contribution is 2.08. The predicted octanol–water partition coefficient (Wildman–Crippen LogP) is 9.88. The fourth-order valence-electron chi connectivity index (χ4n) is 1.89. The second-order valence-corrected chi connectivity index (χ2v) is 8.71. The Morgan fingerprint density at radius 2 is 1.11 bits per heavy atom. The Morgan fingerprint density at radius 1 is 0.611 bits per heavy atom. The van der Waals surface area contributed by atoms with Crippen LogP contribution in [-0.4, -0.2) is 23.1 Å². The molecule has 200 valence electrons. The Kier molecular flexibility index (Phi) is 25.2. The zero-order valence-electron chi connectivity index (χ0n) is 18.2. The highest BCUT2D eigenvalue weighted by molar-refractivity contribution is 7.12. The number of Topliss-reactive ketones (excluding diaryl/α,β-unsaturated/α-hetero) is 4. The van der Waals surface area contributed by atoms with Crippen molar-refractivity contribution in [3.05, 3.63) is 91.3 Å². The van der Waals surface area contributed by atoms with Gasteiger partial charge in [0.1, 0.15) is 0 Å². The maximum Gasteiger partial charge on any atom is 0.194 e. The van der Waals surface area contributed by atoms with Crippen molar-refractivity contribution in [1.29, 1.82) is 0 Å². The first-order valence-corrected chi connectivity index (χ1v) is 12.1. The van der Waals surface area contributed by atoms with Gasteiger partial charge in [0.2, 0.25) is 0 Å². The van der Waals surface area contributed by atoms with Crippen molar-refractivity contribution in [2.75, 3.05) is 0 Å². The minimum absolute atomic E-state index is 0. The molecule has 0 aliphatic rings. The van der Waals surface area contributed by atoms with E-state index in [9.17, 15) is 19.2 Å². The molecule has 0 saturated heterocycles. The van der Waals surface area contributed by atoms with Crippen LogP contribution in [0, 0.1) is 0 Å². The van der Waals surface area contributed by atoms with Crippen molar-refractivity contribution < 1.29 is 23.6 Å². The van der Waals surface area contributed by atoms with E-state index < -0.39 is 0 Å². The highest BCUT2D eigenvalue weighted by Gasteiger charge is 1.98. The van der Waals surface area contributed by atoms with Crippen molar-refractivity contribution in [3.8, 4) is 0 Å². The average molecular weight is 553 g/mol. The lowest BCUT2D eigenvalue weighted by Crippen LogP contribution is -1.85. The Labute approximate surface area is 228 Å². The number of hydrogen-bond acceptors (Lipinski definition) is 8. The standard InChI is InChI=1S/C6H6O2.3C6H6OS.4CH4/c1-5(7)6-3-2-4-8-6;2*1-5(7)6-2-3-8-4-6;1-5(7)6-3-2-4-8-6;;;;/h4*2-4H,1H3;4*1H4. The van der Waals surface area contributed by atoms with E-state index in [-0.39, 0.29) is 52.8 Å². The number of carbonyl (C=O) groups is 4. The number of ketones is 4. The lowest BCUT2D eigenvalue weighted by atomic mass is 10.2. The fraction of sp³-hybridized carbons (Fsp3) is 0.286. The first-order chi connectivity index (χ1) is 15.2. The molecule has 0 aliphatic carbocycles. The predicted molar refractivity (Wildman–Crippen MR) is 159 cm³/mol. The lowest BCUT2D eigenvalue weighted by molar-refractivity contribution is 0.0983. The van der Waals surface area contributed by atoms with Crippen molar-refractivity contribution in [3.63, 3.8) is 0 Å². The van der Waals surface area contributed by atoms with Gasteiger partial charge < -0.3 is 4.42 Å². The van der Waals surface area contributed by atoms with Gasteiger partial charge >= 0.3 is 0 Å². The molecule has 8 heteroatoms. The van der Waals surface area contributed by atoms with Crippen LogP contribution in [0.25, 0.3) is 0 Å². The quantitative estimate of drug-likeness (QED) is 0.235. The zero-order valence-corrected chi connectivity index (χ0v) is 20.6. The number of thiophene rings is 3. The van der Waals surface area contributed by atoms with E-state index in [2.05, 4.69) is 0 Å². The van der Waals surface area contributed by atoms with Crippen LogP contribution in [0.15, 0.2) is 74.0 Å². The molecule has 36 heavy (non-hydrogen) atoms. The summed E-state index contributed by atoms with van der Waals surface area (Å²) in [5, 5.41) is 9.40. The smallest absolute Gasteiger partial charge is 0.194 e. The molecule has 4 heterocycles. The van der Waals surface area contributed by atoms with Gasteiger partial charge in [0.15, 0.2) is 28.9 Å². The number of carbonyl (C=O) groups excluding carboxylic acids is 4. The van der Waals surface area contributed by atoms with Crippen molar-refractivity contribution in [1.82, 2.24) is 0 Å². The molecular formula is C28H40O5S3. The van der Waals surface area contributed by atoms with E-state index in [1.807, 2.05) is 51.2 Å². The average Bonchev–Trinajstić information content (AvgIpc) is 3.56. The van der Waals surface area contributed by atoms with E-state index in [1.165, 1.54) is 24.5 Å². The zero-order chi connectivity index (χ0) is 23.9. The summed E-state index contributed by atoms with van der Waals surface area (Å²) in [6.45, 7) is 6.19. The van der Waals surface area contributed by atoms with Gasteiger partial charge in [-0.1, -0.05) is 35.8 Å². The van der Waals surface area contributed by atoms with Crippen LogP contribution in [0.2, 0.25) is 0 Å². The first-order valence-electron chi connectivity index (χ1n) is 9.37. The van der Waals surface area contributed by atoms with Gasteiger partial charge in [-0.2, -0.15) is 22.7 Å². The van der Waals surface area contributed by atoms with Crippen LogP contribution in [0.5, 0.6) is 0 Å². The minimum Gasteiger partial charge on any atom is -0.461 e. The Balaban J connectivity index is -0.000000183. The van der Waals surface area contributed by atoms with E-state index in [0.29, 0.717) is 5.76 Å². The van der Waals surface area contributed by atoms with Crippen molar-refractivity contribution >= 4 is 57.1 Å². The summed E-state index contributed by atoms with van der Waals surface area (Å²) in [4.78, 5) is 42.8. The molecule has 0 radical (unpaired) electrons. The minimum atomic E-state index is -0.0324. The van der Waals surface area contributed by atoms with Crippen molar-refractivity contribution in [2.45, 2.75) is 57.4 Å². The third-order valence-corrected chi connectivity index (χ3v) is 5.93. The van der Waals surface area contributed by atoms with Crippen LogP contribution in [0.4, 0.5) is 0 Å². The molecule has 0 aromatic carbocycles.